The number of carbonyl (C=O) groups excluding carboxylic acids is 1. The first kappa shape index (κ1) is 22.6. The normalized spacial score (nSPS) is 12.0. The van der Waals surface area contributed by atoms with E-state index in [9.17, 15) is 13.6 Å². The van der Waals surface area contributed by atoms with Crippen molar-refractivity contribution < 1.29 is 23.0 Å². The van der Waals surface area contributed by atoms with Crippen LogP contribution in [0.4, 0.5) is 14.5 Å². The molecule has 31 heavy (non-hydrogen) atoms. The van der Waals surface area contributed by atoms with Crippen LogP contribution in [0.1, 0.15) is 56.0 Å². The van der Waals surface area contributed by atoms with E-state index in [0.717, 1.165) is 5.69 Å². The minimum Gasteiger partial charge on any atom is -0.489 e. The van der Waals surface area contributed by atoms with Gasteiger partial charge in [0.2, 0.25) is 0 Å². The Balaban J connectivity index is 1.99. The van der Waals surface area contributed by atoms with Gasteiger partial charge in [0.05, 0.1) is 18.4 Å². The predicted molar refractivity (Wildman–Crippen MR) is 113 cm³/mol. The third kappa shape index (κ3) is 5.16. The van der Waals surface area contributed by atoms with Crippen molar-refractivity contribution in [2.45, 2.75) is 45.6 Å². The highest BCUT2D eigenvalue weighted by Crippen LogP contribution is 2.30. The average Bonchev–Trinajstić information content (AvgIpc) is 3.11. The molecule has 166 valence electrons. The van der Waals surface area contributed by atoms with Gasteiger partial charge in [-0.1, -0.05) is 19.9 Å². The number of imidazole rings is 1. The number of alkyl halides is 2. The van der Waals surface area contributed by atoms with Crippen LogP contribution < -0.4 is 10.1 Å². The highest BCUT2D eigenvalue weighted by Gasteiger charge is 2.25. The fourth-order valence-corrected chi connectivity index (χ4v) is 3.11. The van der Waals surface area contributed by atoms with E-state index in [4.69, 9.17) is 9.47 Å². The lowest BCUT2D eigenvalue weighted by Crippen LogP contribution is -2.23. The van der Waals surface area contributed by atoms with Crippen LogP contribution in [0.3, 0.4) is 0 Å². The van der Waals surface area contributed by atoms with Crippen LogP contribution in [0.2, 0.25) is 0 Å². The molecule has 0 bridgehead atoms. The molecule has 1 amide bonds. The van der Waals surface area contributed by atoms with Crippen LogP contribution in [-0.2, 0) is 10.2 Å². The summed E-state index contributed by atoms with van der Waals surface area (Å²) in [5.74, 6) is -0.196. The molecule has 3 aromatic heterocycles. The number of ether oxygens (including phenoxy) is 2. The molecular formula is C22H26F2N4O3. The Morgan fingerprint density at radius 2 is 1.97 bits per heavy atom. The van der Waals surface area contributed by atoms with Crippen LogP contribution in [0.15, 0.2) is 36.7 Å². The van der Waals surface area contributed by atoms with Gasteiger partial charge in [-0.15, -0.1) is 0 Å². The fraction of sp³-hybridized carbons (Fsp3) is 0.409. The first-order valence-electron chi connectivity index (χ1n) is 9.86. The van der Waals surface area contributed by atoms with Gasteiger partial charge in [-0.25, -0.2) is 18.7 Å². The molecule has 9 heteroatoms. The second-order valence-electron chi connectivity index (χ2n) is 8.13. The number of fused-ring (bicyclic) bond motifs is 1. The molecule has 0 aliphatic carbocycles. The van der Waals surface area contributed by atoms with Crippen molar-refractivity contribution in [3.05, 3.63) is 53.7 Å². The van der Waals surface area contributed by atoms with E-state index in [0.29, 0.717) is 23.7 Å². The number of anilines is 1. The number of hydrogen-bond donors (Lipinski definition) is 1. The molecule has 0 fully saturated rings. The smallest absolute Gasteiger partial charge is 0.280 e. The monoisotopic (exact) mass is 432 g/mol. The predicted octanol–water partition coefficient (Wildman–Crippen LogP) is 4.63. The van der Waals surface area contributed by atoms with Crippen LogP contribution in [0.5, 0.6) is 5.75 Å². The second-order valence-corrected chi connectivity index (χ2v) is 8.13. The Bertz CT molecular complexity index is 1080. The Kier molecular flexibility index (Phi) is 6.54. The highest BCUT2D eigenvalue weighted by molar-refractivity contribution is 6.03. The second kappa shape index (κ2) is 8.97. The number of nitrogens with zero attached hydrogens (tertiary/aromatic N) is 3. The summed E-state index contributed by atoms with van der Waals surface area (Å²) in [5.41, 5.74) is 0.958. The van der Waals surface area contributed by atoms with E-state index in [1.165, 1.54) is 18.2 Å². The zero-order valence-electron chi connectivity index (χ0n) is 18.1. The van der Waals surface area contributed by atoms with Gasteiger partial charge in [-0.3, -0.25) is 4.79 Å². The van der Waals surface area contributed by atoms with Gasteiger partial charge in [0.25, 0.3) is 12.3 Å². The molecule has 0 spiro atoms. The molecule has 1 N–H and O–H groups in total. The van der Waals surface area contributed by atoms with Gasteiger partial charge in [-0.2, -0.15) is 0 Å². The van der Waals surface area contributed by atoms with Crippen LogP contribution in [0, 0.1) is 0 Å². The molecule has 0 saturated carbocycles. The summed E-state index contributed by atoms with van der Waals surface area (Å²) in [5, 5.41) is 2.72. The standard InChI is InChI=1S/C22H26F2N4O3/c1-13(2)31-17-9-19-27-18(22(3,4)12-30-5)11-28(19)10-16(17)26-21(29)15-8-6-7-14(25-15)20(23)24/h6-11,13,20H,12H2,1-5H3,(H,26,29). The summed E-state index contributed by atoms with van der Waals surface area (Å²) < 4.78 is 38.8. The maximum atomic E-state index is 12.9. The van der Waals surface area contributed by atoms with Gasteiger partial charge >= 0.3 is 0 Å². The molecule has 3 aromatic rings. The maximum Gasteiger partial charge on any atom is 0.280 e. The van der Waals surface area contributed by atoms with Crippen molar-refractivity contribution in [1.29, 1.82) is 0 Å². The minimum atomic E-state index is -2.76. The fourth-order valence-electron chi connectivity index (χ4n) is 3.11. The van der Waals surface area contributed by atoms with E-state index in [2.05, 4.69) is 15.3 Å². The van der Waals surface area contributed by atoms with Gasteiger partial charge in [0, 0.05) is 31.0 Å². The number of halogens is 2. The Morgan fingerprint density at radius 1 is 1.23 bits per heavy atom. The lowest BCUT2D eigenvalue weighted by Gasteiger charge is -2.20. The molecule has 0 saturated heterocycles. The summed E-state index contributed by atoms with van der Waals surface area (Å²) in [6.07, 6.45) is 0.627. The lowest BCUT2D eigenvalue weighted by atomic mass is 9.91. The van der Waals surface area contributed by atoms with E-state index in [1.54, 1.807) is 23.8 Å². The number of methoxy groups -OCH3 is 1. The van der Waals surface area contributed by atoms with Crippen molar-refractivity contribution in [2.24, 2.45) is 0 Å². The Labute approximate surface area is 179 Å². The van der Waals surface area contributed by atoms with Crippen molar-refractivity contribution in [3.8, 4) is 5.75 Å². The summed E-state index contributed by atoms with van der Waals surface area (Å²) >= 11 is 0. The van der Waals surface area contributed by atoms with E-state index < -0.39 is 18.0 Å². The topological polar surface area (TPSA) is 77.8 Å². The SMILES string of the molecule is COCC(C)(C)c1cn2cc(NC(=O)c3cccc(C(F)F)n3)c(OC(C)C)cc2n1. The number of pyridine rings is 2. The number of amides is 1. The average molecular weight is 432 g/mol. The number of rotatable bonds is 8. The number of hydrogen-bond acceptors (Lipinski definition) is 5. The van der Waals surface area contributed by atoms with Crippen LogP contribution >= 0.6 is 0 Å². The van der Waals surface area contributed by atoms with Crippen molar-refractivity contribution in [1.82, 2.24) is 14.4 Å². The molecule has 3 rings (SSSR count). The highest BCUT2D eigenvalue weighted by atomic mass is 19.3. The quantitative estimate of drug-likeness (QED) is 0.562. The third-order valence-corrected chi connectivity index (χ3v) is 4.59. The zero-order chi connectivity index (χ0) is 22.8. The van der Waals surface area contributed by atoms with Crippen molar-refractivity contribution in [3.63, 3.8) is 0 Å². The summed E-state index contributed by atoms with van der Waals surface area (Å²) in [6, 6.07) is 5.66. The molecule has 0 aliphatic heterocycles. The molecule has 0 unspecified atom stereocenters. The third-order valence-electron chi connectivity index (χ3n) is 4.59. The van der Waals surface area contributed by atoms with E-state index in [1.807, 2.05) is 33.9 Å². The van der Waals surface area contributed by atoms with E-state index >= 15 is 0 Å². The number of aromatic nitrogens is 3. The molecule has 0 atom stereocenters. The summed E-state index contributed by atoms with van der Waals surface area (Å²) in [7, 11) is 1.64. The van der Waals surface area contributed by atoms with E-state index in [-0.39, 0.29) is 17.2 Å². The first-order valence-corrected chi connectivity index (χ1v) is 9.86. The van der Waals surface area contributed by atoms with Gasteiger partial charge in [0.1, 0.15) is 28.5 Å². The summed E-state index contributed by atoms with van der Waals surface area (Å²) in [6.45, 7) is 8.26. The number of carbonyl (C=O) groups is 1. The summed E-state index contributed by atoms with van der Waals surface area (Å²) in [4.78, 5) is 21.1. The van der Waals surface area contributed by atoms with Gasteiger partial charge in [-0.05, 0) is 26.0 Å². The van der Waals surface area contributed by atoms with Crippen LogP contribution in [0.25, 0.3) is 5.65 Å². The molecule has 7 nitrogen and oxygen atoms in total. The maximum absolute atomic E-state index is 12.9. The van der Waals surface area contributed by atoms with Crippen molar-refractivity contribution >= 4 is 17.2 Å². The largest absolute Gasteiger partial charge is 0.489 e. The zero-order valence-corrected chi connectivity index (χ0v) is 18.1. The minimum absolute atomic E-state index is 0.110. The van der Waals surface area contributed by atoms with Gasteiger partial charge < -0.3 is 19.2 Å². The lowest BCUT2D eigenvalue weighted by molar-refractivity contribution is 0.101. The Morgan fingerprint density at radius 3 is 2.61 bits per heavy atom. The molecular weight excluding hydrogens is 406 g/mol. The first-order chi connectivity index (χ1) is 14.6. The molecule has 0 aliphatic rings. The molecule has 0 radical (unpaired) electrons. The van der Waals surface area contributed by atoms with Crippen LogP contribution in [-0.4, -0.2) is 40.1 Å². The molecule has 3 heterocycles. The van der Waals surface area contributed by atoms with Gasteiger partial charge in [0.15, 0.2) is 0 Å². The molecule has 0 aromatic carbocycles. The van der Waals surface area contributed by atoms with Crippen molar-refractivity contribution in [2.75, 3.05) is 19.0 Å². The Hall–Kier alpha value is -3.07. The number of nitrogens with one attached hydrogen (secondary N) is 1.